The predicted octanol–water partition coefficient (Wildman–Crippen LogP) is 4.01. The molecule has 0 aliphatic carbocycles. The third-order valence-corrected chi connectivity index (χ3v) is 4.89. The third-order valence-electron chi connectivity index (χ3n) is 4.89. The first-order valence-electron chi connectivity index (χ1n) is 10.1. The first kappa shape index (κ1) is 20.4. The fourth-order valence-corrected chi connectivity index (χ4v) is 3.38. The molecule has 2 aromatic carbocycles. The highest BCUT2D eigenvalue weighted by molar-refractivity contribution is 5.94. The molecule has 0 bridgehead atoms. The van der Waals surface area contributed by atoms with Gasteiger partial charge in [-0.2, -0.15) is 0 Å². The van der Waals surface area contributed by atoms with Gasteiger partial charge in [-0.3, -0.25) is 9.59 Å². The van der Waals surface area contributed by atoms with Crippen molar-refractivity contribution in [2.45, 2.75) is 25.9 Å². The van der Waals surface area contributed by atoms with Crippen LogP contribution >= 0.6 is 0 Å². The Bertz CT molecular complexity index is 1070. The molecule has 2 N–H and O–H groups in total. The van der Waals surface area contributed by atoms with E-state index in [0.717, 1.165) is 24.2 Å². The van der Waals surface area contributed by atoms with Gasteiger partial charge in [0.05, 0.1) is 18.4 Å². The van der Waals surface area contributed by atoms with Crippen LogP contribution in [-0.2, 0) is 16.0 Å². The van der Waals surface area contributed by atoms with Gasteiger partial charge in [-0.15, -0.1) is 0 Å². The van der Waals surface area contributed by atoms with E-state index in [4.69, 9.17) is 9.47 Å². The number of anilines is 1. The van der Waals surface area contributed by atoms with Gasteiger partial charge < -0.3 is 20.1 Å². The van der Waals surface area contributed by atoms with E-state index in [1.165, 1.54) is 18.7 Å². The Hall–Kier alpha value is -3.87. The lowest BCUT2D eigenvalue weighted by Gasteiger charge is -2.26. The van der Waals surface area contributed by atoms with Gasteiger partial charge in [0.25, 0.3) is 0 Å². The molecule has 1 aliphatic rings. The molecule has 4 rings (SSSR count). The molecule has 1 aromatic heterocycles. The highest BCUT2D eigenvalue weighted by Gasteiger charge is 2.21. The summed E-state index contributed by atoms with van der Waals surface area (Å²) in [7, 11) is 0. The zero-order valence-electron chi connectivity index (χ0n) is 17.1. The number of fused-ring (bicyclic) bond motifs is 1. The van der Waals surface area contributed by atoms with Crippen LogP contribution in [0.15, 0.2) is 66.9 Å². The zero-order valence-corrected chi connectivity index (χ0v) is 17.1. The van der Waals surface area contributed by atoms with Crippen LogP contribution in [0.5, 0.6) is 17.4 Å². The van der Waals surface area contributed by atoms with E-state index in [1.807, 2.05) is 36.4 Å². The van der Waals surface area contributed by atoms with Crippen molar-refractivity contribution >= 4 is 17.5 Å². The molecule has 158 valence electrons. The van der Waals surface area contributed by atoms with Crippen LogP contribution in [0, 0.1) is 0 Å². The molecular formula is C24H23N3O4. The number of carbonyl (C=O) groups is 2. The number of rotatable bonds is 6. The van der Waals surface area contributed by atoms with Crippen LogP contribution in [-0.4, -0.2) is 23.3 Å². The monoisotopic (exact) mass is 417 g/mol. The summed E-state index contributed by atoms with van der Waals surface area (Å²) in [5.41, 5.74) is 2.81. The van der Waals surface area contributed by atoms with Gasteiger partial charge in [-0.05, 0) is 48.2 Å². The summed E-state index contributed by atoms with van der Waals surface area (Å²) in [6.45, 7) is 1.27. The number of hydrogen-bond acceptors (Lipinski definition) is 5. The van der Waals surface area contributed by atoms with Crippen molar-refractivity contribution in [3.05, 3.63) is 78.0 Å². The summed E-state index contributed by atoms with van der Waals surface area (Å²) < 4.78 is 12.0. The van der Waals surface area contributed by atoms with E-state index in [-0.39, 0.29) is 24.5 Å². The van der Waals surface area contributed by atoms with Crippen molar-refractivity contribution in [3.8, 4) is 17.4 Å². The molecule has 2 amide bonds. The van der Waals surface area contributed by atoms with Crippen molar-refractivity contribution < 1.29 is 19.1 Å². The van der Waals surface area contributed by atoms with Crippen LogP contribution in [0.1, 0.15) is 30.6 Å². The van der Waals surface area contributed by atoms with Crippen molar-refractivity contribution in [2.75, 3.05) is 11.9 Å². The number of pyridine rings is 1. The summed E-state index contributed by atoms with van der Waals surface area (Å²) in [5.74, 6) is 1.38. The zero-order chi connectivity index (χ0) is 21.6. The maximum absolute atomic E-state index is 11.7. The lowest BCUT2D eigenvalue weighted by atomic mass is 9.97. The topological polar surface area (TPSA) is 89.6 Å². The molecule has 7 nitrogen and oxygen atoms in total. The minimum absolute atomic E-state index is 0.0653. The van der Waals surface area contributed by atoms with E-state index < -0.39 is 0 Å². The fraction of sp³-hybridized carbons (Fsp3) is 0.208. The Morgan fingerprint density at radius 3 is 2.71 bits per heavy atom. The Morgan fingerprint density at radius 1 is 1.13 bits per heavy atom. The summed E-state index contributed by atoms with van der Waals surface area (Å²) in [5, 5.41) is 5.10. The number of benzene rings is 2. The van der Waals surface area contributed by atoms with Gasteiger partial charge in [0.1, 0.15) is 17.6 Å². The highest BCUT2D eigenvalue weighted by Crippen LogP contribution is 2.37. The van der Waals surface area contributed by atoms with Crippen LogP contribution in [0.25, 0.3) is 0 Å². The van der Waals surface area contributed by atoms with Crippen LogP contribution in [0.4, 0.5) is 5.69 Å². The fourth-order valence-electron chi connectivity index (χ4n) is 3.38. The molecular weight excluding hydrogens is 394 g/mol. The van der Waals surface area contributed by atoms with E-state index in [9.17, 15) is 9.59 Å². The lowest BCUT2D eigenvalue weighted by Crippen LogP contribution is -2.31. The normalized spacial score (nSPS) is 14.7. The first-order valence-corrected chi connectivity index (χ1v) is 10.1. The number of hydrogen-bond donors (Lipinski definition) is 2. The Labute approximate surface area is 180 Å². The molecule has 0 saturated heterocycles. The smallest absolute Gasteiger partial charge is 0.243 e. The number of nitrogens with zero attached hydrogens (tertiary/aromatic N) is 1. The standard InChI is InChI=1S/C24H23N3O4/c1-16(28)25-15-23(29)27-19-8-12-24(26-14-19)30-20-9-11-22-18(13-20)7-10-21(31-22)17-5-3-2-4-6-17/h2-6,8-9,11-14,21H,7,10,15H2,1H3,(H,25,28)(H,27,29). The minimum Gasteiger partial charge on any atom is -0.485 e. The van der Waals surface area contributed by atoms with Crippen LogP contribution in [0.3, 0.4) is 0 Å². The SMILES string of the molecule is CC(=O)NCC(=O)Nc1ccc(Oc2ccc3c(c2)CCC(c2ccccc2)O3)nc1. The van der Waals surface area contributed by atoms with Crippen molar-refractivity contribution in [3.63, 3.8) is 0 Å². The van der Waals surface area contributed by atoms with Gasteiger partial charge >= 0.3 is 0 Å². The van der Waals surface area contributed by atoms with Gasteiger partial charge in [-0.1, -0.05) is 30.3 Å². The molecule has 1 aliphatic heterocycles. The molecule has 3 aromatic rings. The molecule has 0 spiro atoms. The predicted molar refractivity (Wildman–Crippen MR) is 116 cm³/mol. The molecule has 1 unspecified atom stereocenters. The number of aromatic nitrogens is 1. The molecule has 2 heterocycles. The maximum Gasteiger partial charge on any atom is 0.243 e. The average Bonchev–Trinajstić information content (AvgIpc) is 2.79. The van der Waals surface area contributed by atoms with Crippen molar-refractivity contribution in [1.29, 1.82) is 0 Å². The summed E-state index contributed by atoms with van der Waals surface area (Å²) in [6, 6.07) is 19.4. The Kier molecular flexibility index (Phi) is 6.12. The number of ether oxygens (including phenoxy) is 2. The third kappa shape index (κ3) is 5.39. The summed E-state index contributed by atoms with van der Waals surface area (Å²) in [4.78, 5) is 26.8. The van der Waals surface area contributed by atoms with Gasteiger partial charge in [-0.25, -0.2) is 4.98 Å². The van der Waals surface area contributed by atoms with Crippen molar-refractivity contribution in [2.24, 2.45) is 0 Å². The second-order valence-corrected chi connectivity index (χ2v) is 7.27. The number of nitrogens with one attached hydrogen (secondary N) is 2. The molecule has 31 heavy (non-hydrogen) atoms. The van der Waals surface area contributed by atoms with Gasteiger partial charge in [0.2, 0.25) is 17.7 Å². The second kappa shape index (κ2) is 9.30. The Morgan fingerprint density at radius 2 is 1.97 bits per heavy atom. The lowest BCUT2D eigenvalue weighted by molar-refractivity contribution is -0.122. The minimum atomic E-state index is -0.325. The second-order valence-electron chi connectivity index (χ2n) is 7.27. The quantitative estimate of drug-likeness (QED) is 0.632. The van der Waals surface area contributed by atoms with E-state index in [0.29, 0.717) is 17.3 Å². The van der Waals surface area contributed by atoms with E-state index in [2.05, 4.69) is 27.8 Å². The molecule has 7 heteroatoms. The maximum atomic E-state index is 11.7. The number of aryl methyl sites for hydroxylation is 1. The first-order chi connectivity index (χ1) is 15.1. The molecule has 0 radical (unpaired) electrons. The van der Waals surface area contributed by atoms with Gasteiger partial charge in [0.15, 0.2) is 0 Å². The molecule has 1 atom stereocenters. The van der Waals surface area contributed by atoms with Gasteiger partial charge in [0, 0.05) is 13.0 Å². The van der Waals surface area contributed by atoms with E-state index >= 15 is 0 Å². The van der Waals surface area contributed by atoms with Crippen LogP contribution in [0.2, 0.25) is 0 Å². The largest absolute Gasteiger partial charge is 0.485 e. The van der Waals surface area contributed by atoms with Crippen LogP contribution < -0.4 is 20.1 Å². The molecule has 0 saturated carbocycles. The summed E-state index contributed by atoms with van der Waals surface area (Å²) in [6.07, 6.45) is 3.38. The average molecular weight is 417 g/mol. The summed E-state index contributed by atoms with van der Waals surface area (Å²) >= 11 is 0. The number of amides is 2. The Balaban J connectivity index is 1.36. The van der Waals surface area contributed by atoms with Crippen molar-refractivity contribution in [1.82, 2.24) is 10.3 Å². The van der Waals surface area contributed by atoms with E-state index in [1.54, 1.807) is 12.1 Å². The number of carbonyl (C=O) groups excluding carboxylic acids is 2. The molecule has 0 fully saturated rings. The highest BCUT2D eigenvalue weighted by atomic mass is 16.5.